The molecule has 0 aliphatic carbocycles. The molecular weight excluding hydrogens is 456 g/mol. The number of carbonyl (C=O) groups is 2. The molecule has 37 heavy (non-hydrogen) atoms. The largest absolute Gasteiger partial charge is 0.281 e. The van der Waals surface area contributed by atoms with E-state index in [1.165, 1.54) is 0 Å². The SMILES string of the molecule is Cc1ccc(N(C(=O)CCCC(=O)N(c2ccc(C)cc2)c2ccc(C)cc2)c2ccc(C)cc2)cc1. The molecule has 0 heterocycles. The number of nitrogens with zero attached hydrogens (tertiary/aromatic N) is 2. The van der Waals surface area contributed by atoms with Gasteiger partial charge in [-0.3, -0.25) is 19.4 Å². The molecule has 0 aromatic heterocycles. The molecule has 188 valence electrons. The van der Waals surface area contributed by atoms with Gasteiger partial charge in [0, 0.05) is 35.6 Å². The van der Waals surface area contributed by atoms with Gasteiger partial charge in [0.15, 0.2) is 0 Å². The smallest absolute Gasteiger partial charge is 0.231 e. The maximum atomic E-state index is 13.5. The van der Waals surface area contributed by atoms with Gasteiger partial charge in [-0.25, -0.2) is 0 Å². The summed E-state index contributed by atoms with van der Waals surface area (Å²) in [6, 6.07) is 31.8. The summed E-state index contributed by atoms with van der Waals surface area (Å²) in [5.74, 6) is -0.0598. The van der Waals surface area contributed by atoms with E-state index in [0.29, 0.717) is 6.42 Å². The highest BCUT2D eigenvalue weighted by molar-refractivity contribution is 6.02. The predicted octanol–water partition coefficient (Wildman–Crippen LogP) is 8.12. The average molecular weight is 491 g/mol. The molecule has 0 unspecified atom stereocenters. The molecule has 0 aliphatic rings. The van der Waals surface area contributed by atoms with Crippen LogP contribution in [0.5, 0.6) is 0 Å². The summed E-state index contributed by atoms with van der Waals surface area (Å²) in [6.45, 7) is 8.12. The monoisotopic (exact) mass is 490 g/mol. The number of hydrogen-bond donors (Lipinski definition) is 0. The molecule has 0 radical (unpaired) electrons. The van der Waals surface area contributed by atoms with Crippen molar-refractivity contribution in [3.63, 3.8) is 0 Å². The van der Waals surface area contributed by atoms with Gasteiger partial charge in [0.1, 0.15) is 0 Å². The first-order valence-corrected chi connectivity index (χ1v) is 12.7. The number of carbonyl (C=O) groups excluding carboxylic acids is 2. The lowest BCUT2D eigenvalue weighted by Crippen LogP contribution is -2.28. The van der Waals surface area contributed by atoms with Crippen molar-refractivity contribution in [2.24, 2.45) is 0 Å². The molecule has 0 atom stereocenters. The highest BCUT2D eigenvalue weighted by Crippen LogP contribution is 2.29. The van der Waals surface area contributed by atoms with E-state index in [-0.39, 0.29) is 24.7 Å². The van der Waals surface area contributed by atoms with Gasteiger partial charge < -0.3 is 0 Å². The standard InChI is InChI=1S/C33H34N2O2/c1-24-8-16-28(17-9-24)34(29-18-10-25(2)11-19-29)32(36)6-5-7-33(37)35(30-20-12-26(3)13-21-30)31-22-14-27(4)15-23-31/h8-23H,5-7H2,1-4H3. The first kappa shape index (κ1) is 25.9. The second kappa shape index (κ2) is 11.7. The Balaban J connectivity index is 1.51. The number of benzene rings is 4. The van der Waals surface area contributed by atoms with Crippen LogP contribution < -0.4 is 9.80 Å². The minimum atomic E-state index is -0.0299. The van der Waals surface area contributed by atoms with Crippen molar-refractivity contribution in [3.8, 4) is 0 Å². The van der Waals surface area contributed by atoms with Crippen molar-refractivity contribution in [1.29, 1.82) is 0 Å². The zero-order valence-corrected chi connectivity index (χ0v) is 22.1. The van der Waals surface area contributed by atoms with E-state index in [1.54, 1.807) is 9.80 Å². The molecule has 0 aliphatic heterocycles. The molecule has 0 spiro atoms. The molecule has 0 bridgehead atoms. The van der Waals surface area contributed by atoms with Gasteiger partial charge in [-0.1, -0.05) is 70.8 Å². The number of aryl methyl sites for hydroxylation is 4. The van der Waals surface area contributed by atoms with Gasteiger partial charge in [0.2, 0.25) is 11.8 Å². The molecular formula is C33H34N2O2. The number of hydrogen-bond acceptors (Lipinski definition) is 2. The summed E-state index contributed by atoms with van der Waals surface area (Å²) in [7, 11) is 0. The maximum absolute atomic E-state index is 13.5. The van der Waals surface area contributed by atoms with Crippen LogP contribution in [0.2, 0.25) is 0 Å². The Labute approximate surface area is 220 Å². The lowest BCUT2D eigenvalue weighted by molar-refractivity contribution is -0.119. The van der Waals surface area contributed by atoms with E-state index >= 15 is 0 Å². The van der Waals surface area contributed by atoms with Crippen LogP contribution in [0.15, 0.2) is 97.1 Å². The molecule has 0 N–H and O–H groups in total. The molecule has 0 fully saturated rings. The van der Waals surface area contributed by atoms with Crippen LogP contribution in [0.3, 0.4) is 0 Å². The van der Waals surface area contributed by atoms with Gasteiger partial charge in [-0.2, -0.15) is 0 Å². The summed E-state index contributed by atoms with van der Waals surface area (Å²) in [4.78, 5) is 30.5. The Morgan fingerprint density at radius 3 is 0.865 bits per heavy atom. The van der Waals surface area contributed by atoms with Crippen LogP contribution in [-0.4, -0.2) is 11.8 Å². The number of amides is 2. The molecule has 4 heteroatoms. The van der Waals surface area contributed by atoms with E-state index < -0.39 is 0 Å². The van der Waals surface area contributed by atoms with Crippen molar-refractivity contribution in [1.82, 2.24) is 0 Å². The van der Waals surface area contributed by atoms with Crippen LogP contribution in [0.4, 0.5) is 22.7 Å². The quantitative estimate of drug-likeness (QED) is 0.250. The Morgan fingerprint density at radius 2 is 0.649 bits per heavy atom. The van der Waals surface area contributed by atoms with Gasteiger partial charge >= 0.3 is 0 Å². The van der Waals surface area contributed by atoms with Crippen molar-refractivity contribution < 1.29 is 9.59 Å². The molecule has 4 aromatic rings. The van der Waals surface area contributed by atoms with Crippen LogP contribution in [0, 0.1) is 27.7 Å². The minimum absolute atomic E-state index is 0.0299. The zero-order valence-electron chi connectivity index (χ0n) is 22.1. The van der Waals surface area contributed by atoms with Crippen molar-refractivity contribution in [3.05, 3.63) is 119 Å². The summed E-state index contributed by atoms with van der Waals surface area (Å²) in [6.07, 6.45) is 0.992. The summed E-state index contributed by atoms with van der Waals surface area (Å²) < 4.78 is 0. The Bertz CT molecular complexity index is 1140. The third-order valence-electron chi connectivity index (χ3n) is 6.45. The molecule has 0 saturated carbocycles. The normalized spacial score (nSPS) is 10.7. The van der Waals surface area contributed by atoms with Crippen LogP contribution in [-0.2, 0) is 9.59 Å². The highest BCUT2D eigenvalue weighted by Gasteiger charge is 2.21. The average Bonchev–Trinajstić information content (AvgIpc) is 2.89. The van der Waals surface area contributed by atoms with Gasteiger partial charge in [0.05, 0.1) is 0 Å². The van der Waals surface area contributed by atoms with Crippen molar-refractivity contribution in [2.45, 2.75) is 47.0 Å². The fourth-order valence-corrected chi connectivity index (χ4v) is 4.26. The molecule has 4 nitrogen and oxygen atoms in total. The van der Waals surface area contributed by atoms with E-state index in [4.69, 9.17) is 0 Å². The zero-order chi connectivity index (χ0) is 26.4. The summed E-state index contributed by atoms with van der Waals surface area (Å²) in [5.41, 5.74) is 7.85. The van der Waals surface area contributed by atoms with Crippen LogP contribution in [0.25, 0.3) is 0 Å². The Hall–Kier alpha value is -4.18. The lowest BCUT2D eigenvalue weighted by atomic mass is 10.1. The predicted molar refractivity (Wildman–Crippen MR) is 153 cm³/mol. The Morgan fingerprint density at radius 1 is 0.432 bits per heavy atom. The van der Waals surface area contributed by atoms with Crippen molar-refractivity contribution >= 4 is 34.6 Å². The third-order valence-corrected chi connectivity index (χ3v) is 6.45. The number of anilines is 4. The van der Waals surface area contributed by atoms with Gasteiger partial charge in [-0.15, -0.1) is 0 Å². The van der Waals surface area contributed by atoms with Gasteiger partial charge in [0.25, 0.3) is 0 Å². The third kappa shape index (κ3) is 6.53. The van der Waals surface area contributed by atoms with E-state index in [9.17, 15) is 9.59 Å². The minimum Gasteiger partial charge on any atom is -0.281 e. The van der Waals surface area contributed by atoms with E-state index in [2.05, 4.69) is 0 Å². The van der Waals surface area contributed by atoms with Crippen LogP contribution >= 0.6 is 0 Å². The van der Waals surface area contributed by atoms with Crippen molar-refractivity contribution in [2.75, 3.05) is 9.80 Å². The molecule has 4 rings (SSSR count). The second-order valence-electron chi connectivity index (χ2n) is 9.65. The van der Waals surface area contributed by atoms with Gasteiger partial charge in [-0.05, 0) is 82.6 Å². The highest BCUT2D eigenvalue weighted by atomic mass is 16.2. The molecule has 2 amide bonds. The summed E-state index contributed by atoms with van der Waals surface area (Å²) in [5, 5.41) is 0. The first-order chi connectivity index (χ1) is 17.8. The van der Waals surface area contributed by atoms with E-state index in [1.807, 2.05) is 125 Å². The fourth-order valence-electron chi connectivity index (χ4n) is 4.26. The lowest BCUT2D eigenvalue weighted by Gasteiger charge is -2.25. The molecule has 4 aromatic carbocycles. The topological polar surface area (TPSA) is 40.6 Å². The fraction of sp³-hybridized carbons (Fsp3) is 0.212. The maximum Gasteiger partial charge on any atom is 0.231 e. The molecule has 0 saturated heterocycles. The van der Waals surface area contributed by atoms with Crippen LogP contribution in [0.1, 0.15) is 41.5 Å². The van der Waals surface area contributed by atoms with E-state index in [0.717, 1.165) is 45.0 Å². The first-order valence-electron chi connectivity index (χ1n) is 12.7. The Kier molecular flexibility index (Phi) is 8.19. The summed E-state index contributed by atoms with van der Waals surface area (Å²) >= 11 is 0. The second-order valence-corrected chi connectivity index (χ2v) is 9.65. The number of rotatable bonds is 8.